The number of phenols is 4. The zero-order chi connectivity index (χ0) is 21.7. The normalized spacial score (nSPS) is 11.5. The van der Waals surface area contributed by atoms with Gasteiger partial charge in [0, 0.05) is 26.0 Å². The molecule has 0 aromatic heterocycles. The SMILES string of the molecule is CC(=O)NCCc1cc(O)c(O)cc1[C@H](NC(C)=O)C(=O)c1ccc(O)c(O)c1. The van der Waals surface area contributed by atoms with Gasteiger partial charge < -0.3 is 31.1 Å². The molecule has 6 N–H and O–H groups in total. The van der Waals surface area contributed by atoms with Crippen LogP contribution in [-0.2, 0) is 16.0 Å². The average Bonchev–Trinajstić information content (AvgIpc) is 2.64. The standard InChI is InChI=1S/C20H22N2O7/c1-10(23)21-6-5-12-7-17(27)18(28)9-14(12)19(22-11(2)24)20(29)13-3-4-15(25)16(26)8-13/h3-4,7-9,19,25-28H,5-6H2,1-2H3,(H,21,23)(H,22,24)/t19-/m0/s1. The van der Waals surface area contributed by atoms with Crippen molar-refractivity contribution in [1.29, 1.82) is 0 Å². The van der Waals surface area contributed by atoms with E-state index in [1.54, 1.807) is 0 Å². The predicted octanol–water partition coefficient (Wildman–Crippen LogP) is 1.25. The van der Waals surface area contributed by atoms with Gasteiger partial charge >= 0.3 is 0 Å². The monoisotopic (exact) mass is 402 g/mol. The van der Waals surface area contributed by atoms with Crippen molar-refractivity contribution in [2.24, 2.45) is 0 Å². The van der Waals surface area contributed by atoms with Gasteiger partial charge in [0.2, 0.25) is 11.8 Å². The molecule has 0 saturated carbocycles. The second-order valence-electron chi connectivity index (χ2n) is 6.47. The summed E-state index contributed by atoms with van der Waals surface area (Å²) in [5, 5.41) is 44.0. The number of hydrogen-bond donors (Lipinski definition) is 6. The first-order valence-corrected chi connectivity index (χ1v) is 8.72. The third-order valence-electron chi connectivity index (χ3n) is 4.19. The molecule has 0 radical (unpaired) electrons. The number of phenolic OH excluding ortho intramolecular Hbond substituents is 4. The molecule has 154 valence electrons. The maximum atomic E-state index is 13.1. The van der Waals surface area contributed by atoms with Gasteiger partial charge in [-0.3, -0.25) is 14.4 Å². The summed E-state index contributed by atoms with van der Waals surface area (Å²) < 4.78 is 0. The number of hydrogen-bond acceptors (Lipinski definition) is 7. The maximum absolute atomic E-state index is 13.1. The topological polar surface area (TPSA) is 156 Å². The second-order valence-corrected chi connectivity index (χ2v) is 6.47. The summed E-state index contributed by atoms with van der Waals surface area (Å²) >= 11 is 0. The van der Waals surface area contributed by atoms with E-state index in [2.05, 4.69) is 10.6 Å². The number of carbonyl (C=O) groups excluding carboxylic acids is 3. The molecule has 0 aliphatic rings. The first-order chi connectivity index (χ1) is 13.6. The Balaban J connectivity index is 2.51. The van der Waals surface area contributed by atoms with Crippen molar-refractivity contribution in [2.75, 3.05) is 6.54 Å². The molecule has 0 aliphatic carbocycles. The summed E-state index contributed by atoms with van der Waals surface area (Å²) in [5.74, 6) is -3.20. The average molecular weight is 402 g/mol. The van der Waals surface area contributed by atoms with Crippen LogP contribution in [0.2, 0.25) is 0 Å². The minimum Gasteiger partial charge on any atom is -0.504 e. The number of rotatable bonds is 7. The molecule has 2 aromatic rings. The van der Waals surface area contributed by atoms with Crippen LogP contribution in [0, 0.1) is 0 Å². The van der Waals surface area contributed by atoms with E-state index in [9.17, 15) is 34.8 Å². The van der Waals surface area contributed by atoms with Crippen molar-refractivity contribution in [1.82, 2.24) is 10.6 Å². The molecule has 0 saturated heterocycles. The highest BCUT2D eigenvalue weighted by atomic mass is 16.3. The highest BCUT2D eigenvalue weighted by Gasteiger charge is 2.27. The molecule has 1 atom stereocenters. The van der Waals surface area contributed by atoms with Crippen LogP contribution >= 0.6 is 0 Å². The summed E-state index contributed by atoms with van der Waals surface area (Å²) in [6.45, 7) is 2.76. The third-order valence-corrected chi connectivity index (χ3v) is 4.19. The van der Waals surface area contributed by atoms with Gasteiger partial charge in [-0.1, -0.05) is 0 Å². The van der Waals surface area contributed by atoms with Crippen LogP contribution in [0.25, 0.3) is 0 Å². The number of benzene rings is 2. The molecule has 0 spiro atoms. The molecule has 0 aliphatic heterocycles. The van der Waals surface area contributed by atoms with Crippen molar-refractivity contribution in [3.05, 3.63) is 47.0 Å². The van der Waals surface area contributed by atoms with Crippen LogP contribution in [0.1, 0.15) is 41.4 Å². The Hall–Kier alpha value is -3.75. The fourth-order valence-electron chi connectivity index (χ4n) is 2.83. The number of nitrogens with one attached hydrogen (secondary N) is 2. The summed E-state index contributed by atoms with van der Waals surface area (Å²) in [5.41, 5.74) is 0.655. The van der Waals surface area contributed by atoms with Crippen molar-refractivity contribution < 1.29 is 34.8 Å². The van der Waals surface area contributed by atoms with Crippen LogP contribution in [-0.4, -0.2) is 44.6 Å². The van der Waals surface area contributed by atoms with Crippen LogP contribution in [0.5, 0.6) is 23.0 Å². The van der Waals surface area contributed by atoms with Crippen molar-refractivity contribution in [2.45, 2.75) is 26.3 Å². The number of aromatic hydroxyl groups is 4. The van der Waals surface area contributed by atoms with Gasteiger partial charge in [-0.2, -0.15) is 0 Å². The molecule has 9 nitrogen and oxygen atoms in total. The fourth-order valence-corrected chi connectivity index (χ4v) is 2.83. The zero-order valence-corrected chi connectivity index (χ0v) is 15.9. The van der Waals surface area contributed by atoms with Crippen LogP contribution in [0.3, 0.4) is 0 Å². The smallest absolute Gasteiger partial charge is 0.217 e. The minimum absolute atomic E-state index is 0.0134. The van der Waals surface area contributed by atoms with E-state index in [1.165, 1.54) is 26.0 Å². The van der Waals surface area contributed by atoms with Gasteiger partial charge in [0.1, 0.15) is 6.04 Å². The molecule has 0 fully saturated rings. The minimum atomic E-state index is -1.24. The second kappa shape index (κ2) is 8.96. The molecule has 0 bridgehead atoms. The highest BCUT2D eigenvalue weighted by Crippen LogP contribution is 2.34. The number of amides is 2. The summed E-state index contributed by atoms with van der Waals surface area (Å²) in [6, 6.07) is 4.65. The molecule has 2 amide bonds. The van der Waals surface area contributed by atoms with Gasteiger partial charge in [0.15, 0.2) is 28.8 Å². The Labute approximate surface area is 166 Å². The Morgan fingerprint density at radius 2 is 1.48 bits per heavy atom. The van der Waals surface area contributed by atoms with Gasteiger partial charge in [0.25, 0.3) is 0 Å². The summed E-state index contributed by atoms with van der Waals surface area (Å²) in [4.78, 5) is 35.9. The zero-order valence-electron chi connectivity index (χ0n) is 15.9. The summed E-state index contributed by atoms with van der Waals surface area (Å²) in [6.07, 6.45) is 0.215. The fraction of sp³-hybridized carbons (Fsp3) is 0.250. The first kappa shape index (κ1) is 21.5. The number of carbonyl (C=O) groups is 3. The Kier molecular flexibility index (Phi) is 6.66. The highest BCUT2D eigenvalue weighted by molar-refractivity contribution is 6.03. The van der Waals surface area contributed by atoms with E-state index in [1.807, 2.05) is 0 Å². The van der Waals surface area contributed by atoms with E-state index < -0.39 is 40.7 Å². The largest absolute Gasteiger partial charge is 0.504 e. The molecule has 0 heterocycles. The lowest BCUT2D eigenvalue weighted by molar-refractivity contribution is -0.120. The molecule has 9 heteroatoms. The first-order valence-electron chi connectivity index (χ1n) is 8.72. The Morgan fingerprint density at radius 1 is 0.862 bits per heavy atom. The number of ketones is 1. The van der Waals surface area contributed by atoms with Gasteiger partial charge in [0.05, 0.1) is 0 Å². The molecule has 0 unspecified atom stereocenters. The van der Waals surface area contributed by atoms with Crippen molar-refractivity contribution in [3.8, 4) is 23.0 Å². The van der Waals surface area contributed by atoms with Gasteiger partial charge in [-0.25, -0.2) is 0 Å². The van der Waals surface area contributed by atoms with Crippen LogP contribution in [0.15, 0.2) is 30.3 Å². The van der Waals surface area contributed by atoms with Gasteiger partial charge in [-0.05, 0) is 47.9 Å². The molecular weight excluding hydrogens is 380 g/mol. The molecule has 29 heavy (non-hydrogen) atoms. The van der Waals surface area contributed by atoms with Crippen LogP contribution < -0.4 is 10.6 Å². The van der Waals surface area contributed by atoms with E-state index in [0.717, 1.165) is 18.2 Å². The van der Waals surface area contributed by atoms with E-state index in [-0.39, 0.29) is 30.0 Å². The van der Waals surface area contributed by atoms with E-state index in [0.29, 0.717) is 5.56 Å². The quantitative estimate of drug-likeness (QED) is 0.301. The molecule has 2 rings (SSSR count). The lowest BCUT2D eigenvalue weighted by atomic mass is 9.91. The van der Waals surface area contributed by atoms with Crippen molar-refractivity contribution >= 4 is 17.6 Å². The third kappa shape index (κ3) is 5.38. The lowest BCUT2D eigenvalue weighted by Gasteiger charge is -2.21. The van der Waals surface area contributed by atoms with Crippen molar-refractivity contribution in [3.63, 3.8) is 0 Å². The Morgan fingerprint density at radius 3 is 2.07 bits per heavy atom. The molecular formula is C20H22N2O7. The Bertz CT molecular complexity index is 956. The maximum Gasteiger partial charge on any atom is 0.217 e. The predicted molar refractivity (Wildman–Crippen MR) is 103 cm³/mol. The van der Waals surface area contributed by atoms with Gasteiger partial charge in [-0.15, -0.1) is 0 Å². The lowest BCUT2D eigenvalue weighted by Crippen LogP contribution is -2.33. The number of Topliss-reactive ketones (excluding diaryl/α,β-unsaturated/α-hetero) is 1. The molecule has 2 aromatic carbocycles. The summed E-state index contributed by atoms with van der Waals surface area (Å²) in [7, 11) is 0. The van der Waals surface area contributed by atoms with E-state index in [4.69, 9.17) is 0 Å². The van der Waals surface area contributed by atoms with E-state index >= 15 is 0 Å². The van der Waals surface area contributed by atoms with Crippen LogP contribution in [0.4, 0.5) is 0 Å².